The van der Waals surface area contributed by atoms with Gasteiger partial charge in [0.05, 0.1) is 12.0 Å². The lowest BCUT2D eigenvalue weighted by Gasteiger charge is -2.24. The normalized spacial score (nSPS) is 12.7. The van der Waals surface area contributed by atoms with Crippen LogP contribution in [0.15, 0.2) is 17.0 Å². The number of rotatable bonds is 7. The number of hydrogen-bond donors (Lipinski definition) is 1. The zero-order valence-corrected chi connectivity index (χ0v) is 16.2. The summed E-state index contributed by atoms with van der Waals surface area (Å²) in [7, 11) is 2.03. The minimum absolute atomic E-state index is 0.200. The highest BCUT2D eigenvalue weighted by molar-refractivity contribution is 7.89. The van der Waals surface area contributed by atoms with E-state index in [0.717, 1.165) is 24.3 Å². The number of hydrogen-bond acceptors (Lipinski definition) is 4. The minimum Gasteiger partial charge on any atom is -0.496 e. The Balaban J connectivity index is 3.11. The van der Waals surface area contributed by atoms with Crippen LogP contribution in [0.1, 0.15) is 38.3 Å². The lowest BCUT2D eigenvalue weighted by atomic mass is 9.86. The molecule has 1 aromatic carbocycles. The second-order valence-electron chi connectivity index (χ2n) is 7.12. The number of nitrogens with one attached hydrogen (secondary N) is 1. The summed E-state index contributed by atoms with van der Waals surface area (Å²) in [5.74, 6) is 0.724. The van der Waals surface area contributed by atoms with Crippen molar-refractivity contribution in [1.82, 2.24) is 9.62 Å². The highest BCUT2D eigenvalue weighted by Gasteiger charge is 2.25. The van der Waals surface area contributed by atoms with Gasteiger partial charge < -0.3 is 9.64 Å². The first kappa shape index (κ1) is 19.9. The smallest absolute Gasteiger partial charge is 0.240 e. The molecule has 5 nitrogen and oxygen atoms in total. The summed E-state index contributed by atoms with van der Waals surface area (Å²) in [5.41, 5.74) is 1.38. The third kappa shape index (κ3) is 5.48. The van der Waals surface area contributed by atoms with Gasteiger partial charge in [-0.3, -0.25) is 0 Å². The highest BCUT2D eigenvalue weighted by atomic mass is 32.2. The Morgan fingerprint density at radius 3 is 2.30 bits per heavy atom. The molecule has 0 unspecified atom stereocenters. The van der Waals surface area contributed by atoms with E-state index in [1.807, 2.05) is 39.8 Å². The highest BCUT2D eigenvalue weighted by Crippen LogP contribution is 2.34. The summed E-state index contributed by atoms with van der Waals surface area (Å²) in [5, 5.41) is 0. The molecule has 0 radical (unpaired) electrons. The zero-order valence-electron chi connectivity index (χ0n) is 15.4. The zero-order chi connectivity index (χ0) is 17.8. The molecule has 0 atom stereocenters. The first-order valence-electron chi connectivity index (χ1n) is 7.82. The summed E-state index contributed by atoms with van der Waals surface area (Å²) in [6.07, 6.45) is 0.771. The van der Waals surface area contributed by atoms with Crippen LogP contribution in [0.4, 0.5) is 0 Å². The van der Waals surface area contributed by atoms with Gasteiger partial charge in [-0.15, -0.1) is 0 Å². The fourth-order valence-corrected chi connectivity index (χ4v) is 3.71. The Labute approximate surface area is 141 Å². The fraction of sp³-hybridized carbons (Fsp3) is 0.647. The number of sulfonamides is 1. The summed E-state index contributed by atoms with van der Waals surface area (Å²) in [6, 6.07) is 3.54. The van der Waals surface area contributed by atoms with Crippen molar-refractivity contribution in [2.24, 2.45) is 0 Å². The van der Waals surface area contributed by atoms with E-state index in [9.17, 15) is 8.42 Å². The molecule has 0 aliphatic heterocycles. The van der Waals surface area contributed by atoms with Gasteiger partial charge in [0.1, 0.15) is 5.75 Å². The molecule has 0 heterocycles. The Bertz CT molecular complexity index is 632. The minimum atomic E-state index is -3.52. The molecule has 1 aromatic rings. The molecule has 132 valence electrons. The van der Waals surface area contributed by atoms with Gasteiger partial charge in [-0.05, 0) is 57.1 Å². The number of ether oxygens (including phenoxy) is 1. The van der Waals surface area contributed by atoms with Crippen LogP contribution in [0.5, 0.6) is 5.75 Å². The number of benzene rings is 1. The van der Waals surface area contributed by atoms with Gasteiger partial charge in [0, 0.05) is 12.1 Å². The van der Waals surface area contributed by atoms with Gasteiger partial charge in [-0.1, -0.05) is 20.8 Å². The molecular formula is C17H30N2O3S. The van der Waals surface area contributed by atoms with Crippen molar-refractivity contribution < 1.29 is 13.2 Å². The third-order valence-electron chi connectivity index (χ3n) is 3.67. The van der Waals surface area contributed by atoms with Crippen LogP contribution in [0.25, 0.3) is 0 Å². The van der Waals surface area contributed by atoms with E-state index in [4.69, 9.17) is 4.74 Å². The molecule has 0 saturated heterocycles. The molecule has 0 saturated carbocycles. The van der Waals surface area contributed by atoms with E-state index >= 15 is 0 Å². The molecule has 0 bridgehead atoms. The summed E-state index contributed by atoms with van der Waals surface area (Å²) in [6.45, 7) is 9.20. The van der Waals surface area contributed by atoms with Crippen molar-refractivity contribution >= 4 is 10.0 Å². The van der Waals surface area contributed by atoms with Gasteiger partial charge >= 0.3 is 0 Å². The van der Waals surface area contributed by atoms with Crippen LogP contribution in [0.2, 0.25) is 0 Å². The average molecular weight is 343 g/mol. The molecular weight excluding hydrogens is 312 g/mol. The van der Waals surface area contributed by atoms with Gasteiger partial charge in [0.15, 0.2) is 0 Å². The van der Waals surface area contributed by atoms with Crippen molar-refractivity contribution in [3.8, 4) is 5.75 Å². The number of aryl methyl sites for hydroxylation is 1. The molecule has 23 heavy (non-hydrogen) atoms. The van der Waals surface area contributed by atoms with Crippen molar-refractivity contribution in [3.05, 3.63) is 23.3 Å². The van der Waals surface area contributed by atoms with Crippen molar-refractivity contribution in [2.45, 2.75) is 44.4 Å². The molecule has 6 heteroatoms. The Morgan fingerprint density at radius 1 is 1.22 bits per heavy atom. The Kier molecular flexibility index (Phi) is 6.62. The van der Waals surface area contributed by atoms with Gasteiger partial charge in [0.25, 0.3) is 0 Å². The van der Waals surface area contributed by atoms with Crippen molar-refractivity contribution in [3.63, 3.8) is 0 Å². The molecule has 0 fully saturated rings. The van der Waals surface area contributed by atoms with E-state index in [1.54, 1.807) is 26.2 Å². The topological polar surface area (TPSA) is 58.6 Å². The van der Waals surface area contributed by atoms with Crippen molar-refractivity contribution in [1.29, 1.82) is 0 Å². The maximum atomic E-state index is 12.6. The van der Waals surface area contributed by atoms with E-state index < -0.39 is 10.0 Å². The van der Waals surface area contributed by atoms with Gasteiger partial charge in [0.2, 0.25) is 10.0 Å². The molecule has 1 rings (SSSR count). The monoisotopic (exact) mass is 342 g/mol. The average Bonchev–Trinajstić information content (AvgIpc) is 2.41. The quantitative estimate of drug-likeness (QED) is 0.774. The van der Waals surface area contributed by atoms with Crippen LogP contribution >= 0.6 is 0 Å². The predicted molar refractivity (Wildman–Crippen MR) is 94.8 cm³/mol. The first-order chi connectivity index (χ1) is 10.5. The lowest BCUT2D eigenvalue weighted by molar-refractivity contribution is 0.396. The van der Waals surface area contributed by atoms with E-state index in [2.05, 4.69) is 4.72 Å². The summed E-state index contributed by atoms with van der Waals surface area (Å²) >= 11 is 0. The van der Waals surface area contributed by atoms with E-state index in [1.165, 1.54) is 0 Å². The Morgan fingerprint density at radius 2 is 1.83 bits per heavy atom. The predicted octanol–water partition coefficient (Wildman–Crippen LogP) is 2.53. The first-order valence-corrected chi connectivity index (χ1v) is 9.31. The van der Waals surface area contributed by atoms with Crippen LogP contribution in [-0.2, 0) is 15.4 Å². The molecule has 0 spiro atoms. The standard InChI is InChI=1S/C17H30N2O3S/c1-13-11-15(22-7)14(17(2,3)4)12-16(13)23(20,21)18-9-8-10-19(5)6/h11-12,18H,8-10H2,1-7H3. The molecule has 0 amide bonds. The van der Waals surface area contributed by atoms with E-state index in [0.29, 0.717) is 17.0 Å². The van der Waals surface area contributed by atoms with Gasteiger partial charge in [-0.25, -0.2) is 13.1 Å². The third-order valence-corrected chi connectivity index (χ3v) is 5.27. The molecule has 0 aliphatic carbocycles. The number of methoxy groups -OCH3 is 1. The lowest BCUT2D eigenvalue weighted by Crippen LogP contribution is -2.28. The van der Waals surface area contributed by atoms with Crippen LogP contribution in [0, 0.1) is 6.92 Å². The van der Waals surface area contributed by atoms with Crippen LogP contribution < -0.4 is 9.46 Å². The maximum Gasteiger partial charge on any atom is 0.240 e. The number of nitrogens with zero attached hydrogens (tertiary/aromatic N) is 1. The SMILES string of the molecule is COc1cc(C)c(S(=O)(=O)NCCCN(C)C)cc1C(C)(C)C. The summed E-state index contributed by atoms with van der Waals surface area (Å²) in [4.78, 5) is 2.36. The van der Waals surface area contributed by atoms with Gasteiger partial charge in [-0.2, -0.15) is 0 Å². The fourth-order valence-electron chi connectivity index (χ4n) is 2.39. The van der Waals surface area contributed by atoms with E-state index in [-0.39, 0.29) is 5.41 Å². The Hall–Kier alpha value is -1.11. The van der Waals surface area contributed by atoms with Crippen LogP contribution in [-0.4, -0.2) is 47.6 Å². The second-order valence-corrected chi connectivity index (χ2v) is 8.86. The maximum absolute atomic E-state index is 12.6. The summed E-state index contributed by atoms with van der Waals surface area (Å²) < 4.78 is 33.3. The van der Waals surface area contributed by atoms with Crippen LogP contribution in [0.3, 0.4) is 0 Å². The molecule has 0 aliphatic rings. The molecule has 0 aromatic heterocycles. The second kappa shape index (κ2) is 7.64. The largest absolute Gasteiger partial charge is 0.496 e. The van der Waals surface area contributed by atoms with Crippen molar-refractivity contribution in [2.75, 3.05) is 34.3 Å². The molecule has 1 N–H and O–H groups in total.